The molecule has 94 valence electrons. The van der Waals surface area contributed by atoms with Crippen molar-refractivity contribution in [1.29, 1.82) is 0 Å². The summed E-state index contributed by atoms with van der Waals surface area (Å²) in [6.07, 6.45) is 3.80. The predicted molar refractivity (Wildman–Crippen MR) is 69.0 cm³/mol. The van der Waals surface area contributed by atoms with E-state index in [-0.39, 0.29) is 5.91 Å². The molecule has 5 heteroatoms. The molecule has 2 heterocycles. The van der Waals surface area contributed by atoms with Gasteiger partial charge in [-0.2, -0.15) is 0 Å². The molecule has 1 N–H and O–H groups in total. The molecule has 0 aromatic carbocycles. The Morgan fingerprint density at radius 2 is 2.53 bits per heavy atom. The van der Waals surface area contributed by atoms with Crippen LogP contribution in [0.1, 0.15) is 23.2 Å². The van der Waals surface area contributed by atoms with Gasteiger partial charge in [-0.1, -0.05) is 0 Å². The van der Waals surface area contributed by atoms with Gasteiger partial charge >= 0.3 is 0 Å². The Morgan fingerprint density at radius 1 is 1.71 bits per heavy atom. The smallest absolute Gasteiger partial charge is 0.258 e. The van der Waals surface area contributed by atoms with E-state index in [0.29, 0.717) is 16.2 Å². The van der Waals surface area contributed by atoms with Crippen LogP contribution in [0.5, 0.6) is 0 Å². The van der Waals surface area contributed by atoms with Crippen molar-refractivity contribution in [2.24, 2.45) is 5.92 Å². The Morgan fingerprint density at radius 3 is 3.18 bits per heavy atom. The number of carbonyl (C=O) groups is 1. The molecular formula is C12H17BrN2O2. The fourth-order valence-electron chi connectivity index (χ4n) is 2.32. The lowest BCUT2D eigenvalue weighted by Crippen LogP contribution is -2.42. The van der Waals surface area contributed by atoms with Crippen LogP contribution in [-0.2, 0) is 0 Å². The van der Waals surface area contributed by atoms with Crippen LogP contribution in [0, 0.1) is 5.92 Å². The molecule has 2 rings (SSSR count). The molecule has 4 nitrogen and oxygen atoms in total. The Bertz CT molecular complexity index is 390. The Balaban J connectivity index is 2.02. The van der Waals surface area contributed by atoms with E-state index in [1.54, 1.807) is 6.07 Å². The summed E-state index contributed by atoms with van der Waals surface area (Å²) in [5, 5.41) is 3.18. The number of nitrogens with one attached hydrogen (secondary N) is 1. The molecule has 1 unspecified atom stereocenters. The second kappa shape index (κ2) is 5.69. The first-order valence-corrected chi connectivity index (χ1v) is 6.68. The molecule has 1 amide bonds. The molecule has 0 spiro atoms. The lowest BCUT2D eigenvalue weighted by molar-refractivity contribution is 0.0672. The average Bonchev–Trinajstić information content (AvgIpc) is 2.75. The van der Waals surface area contributed by atoms with Crippen LogP contribution in [0.25, 0.3) is 0 Å². The van der Waals surface area contributed by atoms with Gasteiger partial charge in [0.15, 0.2) is 4.67 Å². The quantitative estimate of drug-likeness (QED) is 0.930. The van der Waals surface area contributed by atoms with Crippen molar-refractivity contribution in [3.63, 3.8) is 0 Å². The van der Waals surface area contributed by atoms with E-state index in [9.17, 15) is 4.79 Å². The highest BCUT2D eigenvalue weighted by Gasteiger charge is 2.25. The first-order chi connectivity index (χ1) is 8.22. The van der Waals surface area contributed by atoms with Gasteiger partial charge in [0, 0.05) is 13.1 Å². The van der Waals surface area contributed by atoms with E-state index < -0.39 is 0 Å². The minimum absolute atomic E-state index is 0.0615. The molecule has 0 bridgehead atoms. The maximum Gasteiger partial charge on any atom is 0.258 e. The molecular weight excluding hydrogens is 284 g/mol. The number of piperidine rings is 1. The molecule has 1 aliphatic heterocycles. The summed E-state index contributed by atoms with van der Waals surface area (Å²) >= 11 is 3.25. The Hall–Kier alpha value is -0.810. The standard InChI is InChI=1S/C12H17BrN2O2/c1-14-7-9-3-2-5-15(8-9)12(16)10-4-6-17-11(10)13/h4,6,9,14H,2-3,5,7-8H2,1H3. The molecule has 1 fully saturated rings. The van der Waals surface area contributed by atoms with Gasteiger partial charge < -0.3 is 14.6 Å². The van der Waals surface area contributed by atoms with Crippen LogP contribution in [-0.4, -0.2) is 37.5 Å². The largest absolute Gasteiger partial charge is 0.457 e. The third-order valence-electron chi connectivity index (χ3n) is 3.15. The molecule has 0 aliphatic carbocycles. The highest BCUT2D eigenvalue weighted by Crippen LogP contribution is 2.23. The van der Waals surface area contributed by atoms with E-state index in [0.717, 1.165) is 26.1 Å². The SMILES string of the molecule is CNCC1CCCN(C(=O)c2ccoc2Br)C1. The minimum Gasteiger partial charge on any atom is -0.457 e. The van der Waals surface area contributed by atoms with Gasteiger partial charge in [0.2, 0.25) is 0 Å². The number of nitrogens with zero attached hydrogens (tertiary/aromatic N) is 1. The van der Waals surface area contributed by atoms with E-state index >= 15 is 0 Å². The van der Waals surface area contributed by atoms with Crippen molar-refractivity contribution < 1.29 is 9.21 Å². The third kappa shape index (κ3) is 2.90. The van der Waals surface area contributed by atoms with Crippen LogP contribution in [0.3, 0.4) is 0 Å². The molecule has 0 radical (unpaired) electrons. The summed E-state index contributed by atoms with van der Waals surface area (Å²) in [7, 11) is 1.95. The van der Waals surface area contributed by atoms with Gasteiger partial charge in [-0.05, 0) is 54.3 Å². The molecule has 0 saturated carbocycles. The van der Waals surface area contributed by atoms with Crippen molar-refractivity contribution in [3.8, 4) is 0 Å². The summed E-state index contributed by atoms with van der Waals surface area (Å²) in [4.78, 5) is 14.2. The molecule has 1 saturated heterocycles. The van der Waals surface area contributed by atoms with Crippen molar-refractivity contribution >= 4 is 21.8 Å². The highest BCUT2D eigenvalue weighted by molar-refractivity contribution is 9.10. The lowest BCUT2D eigenvalue weighted by Gasteiger charge is -2.32. The monoisotopic (exact) mass is 300 g/mol. The van der Waals surface area contributed by atoms with Crippen LogP contribution >= 0.6 is 15.9 Å². The first-order valence-electron chi connectivity index (χ1n) is 5.89. The fourth-order valence-corrected chi connectivity index (χ4v) is 2.73. The van der Waals surface area contributed by atoms with Crippen molar-refractivity contribution in [2.45, 2.75) is 12.8 Å². The van der Waals surface area contributed by atoms with E-state index in [1.807, 2.05) is 11.9 Å². The molecule has 1 aromatic rings. The number of furan rings is 1. The Labute approximate surface area is 109 Å². The number of rotatable bonds is 3. The fraction of sp³-hybridized carbons (Fsp3) is 0.583. The number of likely N-dealkylation sites (tertiary alicyclic amines) is 1. The second-order valence-electron chi connectivity index (χ2n) is 4.43. The average molecular weight is 301 g/mol. The van der Waals surface area contributed by atoms with E-state index in [2.05, 4.69) is 21.2 Å². The number of halogens is 1. The zero-order valence-corrected chi connectivity index (χ0v) is 11.5. The maximum absolute atomic E-state index is 12.2. The number of hydrogen-bond acceptors (Lipinski definition) is 3. The van der Waals surface area contributed by atoms with Crippen molar-refractivity contribution in [2.75, 3.05) is 26.7 Å². The molecule has 1 aromatic heterocycles. The summed E-state index contributed by atoms with van der Waals surface area (Å²) in [5.41, 5.74) is 0.620. The van der Waals surface area contributed by atoms with Gasteiger partial charge in [-0.15, -0.1) is 0 Å². The van der Waals surface area contributed by atoms with Crippen molar-refractivity contribution in [1.82, 2.24) is 10.2 Å². The van der Waals surface area contributed by atoms with E-state index in [4.69, 9.17) is 4.42 Å². The second-order valence-corrected chi connectivity index (χ2v) is 5.15. The van der Waals surface area contributed by atoms with Gasteiger partial charge in [0.1, 0.15) is 0 Å². The van der Waals surface area contributed by atoms with Gasteiger partial charge in [0.25, 0.3) is 5.91 Å². The summed E-state index contributed by atoms with van der Waals surface area (Å²) in [6.45, 7) is 2.64. The maximum atomic E-state index is 12.2. The molecule has 1 aliphatic rings. The van der Waals surface area contributed by atoms with Crippen LogP contribution in [0.15, 0.2) is 21.4 Å². The number of hydrogen-bond donors (Lipinski definition) is 1. The predicted octanol–water partition coefficient (Wildman–Crippen LogP) is 2.11. The topological polar surface area (TPSA) is 45.5 Å². The zero-order valence-electron chi connectivity index (χ0n) is 9.91. The Kier molecular flexibility index (Phi) is 4.23. The summed E-state index contributed by atoms with van der Waals surface area (Å²) in [6, 6.07) is 1.72. The first kappa shape index (κ1) is 12.6. The lowest BCUT2D eigenvalue weighted by atomic mass is 9.97. The normalized spacial score (nSPS) is 20.6. The van der Waals surface area contributed by atoms with Gasteiger partial charge in [0.05, 0.1) is 11.8 Å². The molecule has 17 heavy (non-hydrogen) atoms. The number of carbonyl (C=O) groups excluding carboxylic acids is 1. The zero-order chi connectivity index (χ0) is 12.3. The number of amides is 1. The van der Waals surface area contributed by atoms with Crippen molar-refractivity contribution in [3.05, 3.63) is 22.6 Å². The van der Waals surface area contributed by atoms with Gasteiger partial charge in [-0.3, -0.25) is 4.79 Å². The summed E-state index contributed by atoms with van der Waals surface area (Å²) in [5.74, 6) is 0.620. The van der Waals surface area contributed by atoms with Crippen LogP contribution < -0.4 is 5.32 Å². The van der Waals surface area contributed by atoms with Crippen LogP contribution in [0.2, 0.25) is 0 Å². The van der Waals surface area contributed by atoms with Crippen LogP contribution in [0.4, 0.5) is 0 Å². The summed E-state index contributed by atoms with van der Waals surface area (Å²) < 4.78 is 5.63. The highest BCUT2D eigenvalue weighted by atomic mass is 79.9. The molecule has 1 atom stereocenters. The minimum atomic E-state index is 0.0615. The van der Waals surface area contributed by atoms with E-state index in [1.165, 1.54) is 12.7 Å². The third-order valence-corrected chi connectivity index (χ3v) is 3.76. The van der Waals surface area contributed by atoms with Gasteiger partial charge in [-0.25, -0.2) is 0 Å².